The molecule has 0 saturated heterocycles. The summed E-state index contributed by atoms with van der Waals surface area (Å²) in [5.41, 5.74) is 1.78. The van der Waals surface area contributed by atoms with Crippen LogP contribution in [0.3, 0.4) is 0 Å². The van der Waals surface area contributed by atoms with E-state index in [-0.39, 0.29) is 17.7 Å². The van der Waals surface area contributed by atoms with Gasteiger partial charge >= 0.3 is 0 Å². The second-order valence-corrected chi connectivity index (χ2v) is 11.5. The molecule has 2 aromatic rings. The fourth-order valence-electron chi connectivity index (χ4n) is 4.95. The fraction of sp³-hybridized carbons (Fsp3) is 0.621. The molecule has 0 N–H and O–H groups in total. The molecule has 1 aliphatic rings. The molecule has 2 heterocycles. The van der Waals surface area contributed by atoms with E-state index in [0.29, 0.717) is 56.0 Å². The average Bonchev–Trinajstić information content (AvgIpc) is 3.29. The number of imidazole rings is 1. The highest BCUT2D eigenvalue weighted by molar-refractivity contribution is 6.31. The van der Waals surface area contributed by atoms with Crippen molar-refractivity contribution in [3.05, 3.63) is 47.0 Å². The molecule has 7 nitrogen and oxygen atoms in total. The Balaban J connectivity index is 1.91. The van der Waals surface area contributed by atoms with Crippen LogP contribution in [0.15, 0.2) is 30.6 Å². The molecule has 0 bridgehead atoms. The number of anilines is 1. The monoisotopic (exact) mass is 529 g/mol. The summed E-state index contributed by atoms with van der Waals surface area (Å²) in [6.07, 6.45) is 5.49. The summed E-state index contributed by atoms with van der Waals surface area (Å²) >= 11 is 6.43. The molecule has 0 aliphatic carbocycles. The molecule has 0 atom stereocenters. The molecule has 37 heavy (non-hydrogen) atoms. The molecular weight excluding hydrogens is 486 g/mol. The highest BCUT2D eigenvalue weighted by Crippen LogP contribution is 2.29. The van der Waals surface area contributed by atoms with Gasteiger partial charge in [0.25, 0.3) is 0 Å². The maximum atomic E-state index is 13.6. The molecule has 1 aromatic carbocycles. The van der Waals surface area contributed by atoms with Crippen molar-refractivity contribution in [1.29, 1.82) is 0 Å². The van der Waals surface area contributed by atoms with Crippen LogP contribution in [0.1, 0.15) is 78.1 Å². The minimum atomic E-state index is 0.104. The number of nitrogens with zero attached hydrogens (tertiary/aromatic N) is 5. The molecule has 3 rings (SSSR count). The van der Waals surface area contributed by atoms with E-state index >= 15 is 0 Å². The van der Waals surface area contributed by atoms with E-state index in [1.807, 2.05) is 34.2 Å². The molecule has 0 spiro atoms. The molecule has 0 saturated carbocycles. The summed E-state index contributed by atoms with van der Waals surface area (Å²) in [4.78, 5) is 37.7. The molecule has 1 aliphatic heterocycles. The number of carbonyl (C=O) groups is 2. The van der Waals surface area contributed by atoms with E-state index in [1.165, 1.54) is 0 Å². The van der Waals surface area contributed by atoms with Crippen molar-refractivity contribution in [3.8, 4) is 0 Å². The molecule has 204 valence electrons. The second-order valence-electron chi connectivity index (χ2n) is 11.1. The lowest BCUT2D eigenvalue weighted by atomic mass is 10.1. The SMILES string of the molecule is CC(C)CC(=O)N1CCCN(C(C)C)CCN(C(=O)CCn2ccnc2C(C)C)Cc2ccc(Cl)cc21. The Morgan fingerprint density at radius 3 is 2.43 bits per heavy atom. The summed E-state index contributed by atoms with van der Waals surface area (Å²) in [6, 6.07) is 6.07. The summed E-state index contributed by atoms with van der Waals surface area (Å²) in [7, 11) is 0. The normalized spacial score (nSPS) is 15.8. The summed E-state index contributed by atoms with van der Waals surface area (Å²) < 4.78 is 2.08. The Morgan fingerprint density at radius 1 is 1.00 bits per heavy atom. The van der Waals surface area contributed by atoms with Gasteiger partial charge in [-0.2, -0.15) is 0 Å². The van der Waals surface area contributed by atoms with E-state index in [2.05, 4.69) is 56.0 Å². The maximum Gasteiger partial charge on any atom is 0.227 e. The van der Waals surface area contributed by atoms with Crippen molar-refractivity contribution < 1.29 is 9.59 Å². The van der Waals surface area contributed by atoms with Crippen molar-refractivity contribution in [3.63, 3.8) is 0 Å². The van der Waals surface area contributed by atoms with Crippen LogP contribution in [0.2, 0.25) is 5.02 Å². The van der Waals surface area contributed by atoms with Gasteiger partial charge in [-0.1, -0.05) is 45.4 Å². The van der Waals surface area contributed by atoms with Crippen LogP contribution in [0.25, 0.3) is 0 Å². The third-order valence-electron chi connectivity index (χ3n) is 6.98. The quantitative estimate of drug-likeness (QED) is 0.470. The van der Waals surface area contributed by atoms with Gasteiger partial charge in [-0.15, -0.1) is 0 Å². The lowest BCUT2D eigenvalue weighted by Crippen LogP contribution is -2.41. The third kappa shape index (κ3) is 8.05. The van der Waals surface area contributed by atoms with Crippen molar-refractivity contribution in [1.82, 2.24) is 19.4 Å². The first-order valence-electron chi connectivity index (χ1n) is 13.7. The predicted molar refractivity (Wildman–Crippen MR) is 151 cm³/mol. The Bertz CT molecular complexity index is 1050. The van der Waals surface area contributed by atoms with E-state index in [0.717, 1.165) is 36.6 Å². The highest BCUT2D eigenvalue weighted by atomic mass is 35.5. The summed E-state index contributed by atoms with van der Waals surface area (Å²) in [5, 5.41) is 0.596. The van der Waals surface area contributed by atoms with Gasteiger partial charge < -0.3 is 14.4 Å². The minimum absolute atomic E-state index is 0.104. The lowest BCUT2D eigenvalue weighted by molar-refractivity contribution is -0.132. The van der Waals surface area contributed by atoms with Crippen LogP contribution in [0.4, 0.5) is 5.69 Å². The highest BCUT2D eigenvalue weighted by Gasteiger charge is 2.25. The Labute approximate surface area is 227 Å². The van der Waals surface area contributed by atoms with Gasteiger partial charge in [0, 0.05) is 81.5 Å². The number of benzene rings is 1. The Kier molecular flexibility index (Phi) is 10.6. The number of aryl methyl sites for hydroxylation is 1. The molecule has 0 unspecified atom stereocenters. The number of carbonyl (C=O) groups excluding carboxylic acids is 2. The number of amides is 2. The maximum absolute atomic E-state index is 13.6. The lowest BCUT2D eigenvalue weighted by Gasteiger charge is -2.30. The van der Waals surface area contributed by atoms with Crippen molar-refractivity contribution in [2.75, 3.05) is 31.1 Å². The number of aromatic nitrogens is 2. The topological polar surface area (TPSA) is 61.7 Å². The summed E-state index contributed by atoms with van der Waals surface area (Å²) in [6.45, 7) is 16.7. The minimum Gasteiger partial charge on any atom is -0.337 e. The van der Waals surface area contributed by atoms with Gasteiger partial charge in [0.15, 0.2) is 0 Å². The zero-order valence-corrected chi connectivity index (χ0v) is 24.2. The van der Waals surface area contributed by atoms with E-state index in [1.54, 1.807) is 6.20 Å². The zero-order valence-electron chi connectivity index (χ0n) is 23.4. The molecule has 0 fully saturated rings. The van der Waals surface area contributed by atoms with Gasteiger partial charge in [-0.05, 0) is 43.9 Å². The molecule has 2 amide bonds. The molecule has 0 radical (unpaired) electrons. The van der Waals surface area contributed by atoms with Crippen LogP contribution in [0.5, 0.6) is 0 Å². The van der Waals surface area contributed by atoms with Crippen LogP contribution in [-0.4, -0.2) is 63.4 Å². The number of hydrogen-bond donors (Lipinski definition) is 0. The van der Waals surface area contributed by atoms with Crippen molar-refractivity contribution in [2.45, 2.75) is 85.9 Å². The standard InChI is InChI=1S/C29H44ClN5O2/c1-21(2)18-28(37)35-13-7-12-32(23(5)6)16-17-34(20-24-8-9-25(30)19-26(24)35)27(36)10-14-33-15-11-31-29(33)22(3)4/h8-9,11,15,19,21-23H,7,10,12-14,16-18,20H2,1-6H3. The first-order chi connectivity index (χ1) is 17.6. The Hall–Kier alpha value is -2.38. The van der Waals surface area contributed by atoms with Gasteiger partial charge in [0.1, 0.15) is 5.82 Å². The van der Waals surface area contributed by atoms with Crippen molar-refractivity contribution in [2.24, 2.45) is 5.92 Å². The smallest absolute Gasteiger partial charge is 0.227 e. The van der Waals surface area contributed by atoms with Gasteiger partial charge in [0.2, 0.25) is 11.8 Å². The van der Waals surface area contributed by atoms with E-state index < -0.39 is 0 Å². The molecule has 1 aromatic heterocycles. The van der Waals surface area contributed by atoms with Crippen LogP contribution in [0, 0.1) is 5.92 Å². The number of rotatable bonds is 7. The molecule has 8 heteroatoms. The zero-order chi connectivity index (χ0) is 27.1. The average molecular weight is 530 g/mol. The first-order valence-corrected chi connectivity index (χ1v) is 14.1. The fourth-order valence-corrected chi connectivity index (χ4v) is 5.12. The third-order valence-corrected chi connectivity index (χ3v) is 7.22. The van der Waals surface area contributed by atoms with E-state index in [9.17, 15) is 9.59 Å². The van der Waals surface area contributed by atoms with E-state index in [4.69, 9.17) is 11.6 Å². The molecular formula is C29H44ClN5O2. The largest absolute Gasteiger partial charge is 0.337 e. The first kappa shape index (κ1) is 29.2. The van der Waals surface area contributed by atoms with Crippen LogP contribution < -0.4 is 4.90 Å². The van der Waals surface area contributed by atoms with Gasteiger partial charge in [-0.25, -0.2) is 4.98 Å². The summed E-state index contributed by atoms with van der Waals surface area (Å²) in [5.74, 6) is 1.77. The Morgan fingerprint density at radius 2 is 1.76 bits per heavy atom. The van der Waals surface area contributed by atoms with Crippen LogP contribution >= 0.6 is 11.6 Å². The second kappa shape index (κ2) is 13.4. The number of hydrogen-bond acceptors (Lipinski definition) is 4. The van der Waals surface area contributed by atoms with Crippen molar-refractivity contribution >= 4 is 29.1 Å². The van der Waals surface area contributed by atoms with Gasteiger partial charge in [0.05, 0.1) is 5.69 Å². The van der Waals surface area contributed by atoms with Gasteiger partial charge in [-0.3, -0.25) is 14.5 Å². The van der Waals surface area contributed by atoms with Crippen LogP contribution in [-0.2, 0) is 22.7 Å². The number of halogens is 1. The predicted octanol–water partition coefficient (Wildman–Crippen LogP) is 5.57. The number of fused-ring (bicyclic) bond motifs is 1.